The molecule has 1 aromatic rings. The molecule has 0 aliphatic rings. The Kier molecular flexibility index (Phi) is 4.25. The molecular weight excluding hydrogens is 236 g/mol. The summed E-state index contributed by atoms with van der Waals surface area (Å²) in [5.41, 5.74) is 1.09. The van der Waals surface area contributed by atoms with E-state index in [2.05, 4.69) is 9.72 Å². The molecule has 1 heterocycles. The SMILES string of the molecule is COC(=O)c1cc(C)[nH+]c(N(C)C)c1C(=O)OC. The molecule has 0 bridgehead atoms. The molecule has 1 N–H and O–H groups in total. The number of aromatic amines is 1. The van der Waals surface area contributed by atoms with E-state index >= 15 is 0 Å². The van der Waals surface area contributed by atoms with Crippen LogP contribution < -0.4 is 9.88 Å². The third kappa shape index (κ3) is 2.58. The fraction of sp³-hybridized carbons (Fsp3) is 0.417. The van der Waals surface area contributed by atoms with Crippen molar-refractivity contribution >= 4 is 17.8 Å². The molecule has 0 unspecified atom stereocenters. The van der Waals surface area contributed by atoms with Crippen LogP contribution in [0, 0.1) is 6.92 Å². The number of aryl methyl sites for hydroxylation is 1. The average molecular weight is 253 g/mol. The molecule has 0 saturated carbocycles. The molecule has 1 aromatic heterocycles. The van der Waals surface area contributed by atoms with Crippen LogP contribution in [-0.2, 0) is 9.47 Å². The molecule has 6 heteroatoms. The van der Waals surface area contributed by atoms with E-state index in [-0.39, 0.29) is 11.1 Å². The molecule has 0 fully saturated rings. The van der Waals surface area contributed by atoms with E-state index in [1.165, 1.54) is 14.2 Å². The summed E-state index contributed by atoms with van der Waals surface area (Å²) in [6, 6.07) is 1.56. The van der Waals surface area contributed by atoms with Crippen LogP contribution in [0.1, 0.15) is 26.4 Å². The number of esters is 2. The topological polar surface area (TPSA) is 70.0 Å². The number of anilines is 1. The van der Waals surface area contributed by atoms with Gasteiger partial charge in [-0.15, -0.1) is 0 Å². The van der Waals surface area contributed by atoms with Gasteiger partial charge in [-0.05, 0) is 13.0 Å². The molecule has 0 saturated heterocycles. The van der Waals surface area contributed by atoms with Crippen molar-refractivity contribution in [3.05, 3.63) is 22.9 Å². The van der Waals surface area contributed by atoms with Crippen molar-refractivity contribution < 1.29 is 24.0 Å². The van der Waals surface area contributed by atoms with E-state index in [0.29, 0.717) is 5.82 Å². The summed E-state index contributed by atoms with van der Waals surface area (Å²) in [4.78, 5) is 28.3. The van der Waals surface area contributed by atoms with Crippen LogP contribution in [0.3, 0.4) is 0 Å². The monoisotopic (exact) mass is 253 g/mol. The molecule has 0 aromatic carbocycles. The molecular formula is C12H17N2O4+. The summed E-state index contributed by atoms with van der Waals surface area (Å²) in [6.07, 6.45) is 0. The van der Waals surface area contributed by atoms with Crippen molar-refractivity contribution in [2.75, 3.05) is 33.2 Å². The summed E-state index contributed by atoms with van der Waals surface area (Å²) >= 11 is 0. The third-order valence-electron chi connectivity index (χ3n) is 2.42. The van der Waals surface area contributed by atoms with E-state index in [4.69, 9.17) is 4.74 Å². The largest absolute Gasteiger partial charge is 0.465 e. The highest BCUT2D eigenvalue weighted by atomic mass is 16.5. The van der Waals surface area contributed by atoms with Crippen LogP contribution in [0.15, 0.2) is 6.07 Å². The van der Waals surface area contributed by atoms with E-state index in [1.807, 2.05) is 0 Å². The highest BCUT2D eigenvalue weighted by molar-refractivity contribution is 6.05. The molecule has 0 aliphatic carbocycles. The first-order chi connectivity index (χ1) is 8.42. The van der Waals surface area contributed by atoms with Gasteiger partial charge in [0.1, 0.15) is 0 Å². The molecule has 6 nitrogen and oxygen atoms in total. The smallest absolute Gasteiger partial charge is 0.347 e. The lowest BCUT2D eigenvalue weighted by atomic mass is 10.1. The number of H-pyrrole nitrogens is 1. The number of hydrogen-bond acceptors (Lipinski definition) is 5. The Hall–Kier alpha value is -2.11. The van der Waals surface area contributed by atoms with Gasteiger partial charge in [0.25, 0.3) is 5.82 Å². The second kappa shape index (κ2) is 5.48. The van der Waals surface area contributed by atoms with Crippen LogP contribution in [0.5, 0.6) is 0 Å². The van der Waals surface area contributed by atoms with Gasteiger partial charge in [-0.1, -0.05) is 0 Å². The quantitative estimate of drug-likeness (QED) is 0.731. The Balaban J connectivity index is 3.57. The maximum absolute atomic E-state index is 11.8. The molecule has 98 valence electrons. The first-order valence-corrected chi connectivity index (χ1v) is 5.33. The summed E-state index contributed by atoms with van der Waals surface area (Å²) < 4.78 is 9.39. The van der Waals surface area contributed by atoms with Crippen molar-refractivity contribution in [3.8, 4) is 0 Å². The van der Waals surface area contributed by atoms with E-state index < -0.39 is 11.9 Å². The van der Waals surface area contributed by atoms with Gasteiger partial charge in [0.15, 0.2) is 5.56 Å². The van der Waals surface area contributed by atoms with Gasteiger partial charge in [0, 0.05) is 0 Å². The van der Waals surface area contributed by atoms with E-state index in [0.717, 1.165) is 5.69 Å². The van der Waals surface area contributed by atoms with Gasteiger partial charge in [-0.25, -0.2) is 14.6 Å². The van der Waals surface area contributed by atoms with Gasteiger partial charge in [-0.2, -0.15) is 0 Å². The molecule has 18 heavy (non-hydrogen) atoms. The van der Waals surface area contributed by atoms with Gasteiger partial charge in [0.2, 0.25) is 0 Å². The molecule has 0 spiro atoms. The van der Waals surface area contributed by atoms with Crippen molar-refractivity contribution in [1.29, 1.82) is 0 Å². The van der Waals surface area contributed by atoms with Crippen LogP contribution in [0.2, 0.25) is 0 Å². The van der Waals surface area contributed by atoms with Crippen LogP contribution in [-0.4, -0.2) is 40.3 Å². The number of ether oxygens (including phenoxy) is 2. The molecule has 1 rings (SSSR count). The normalized spacial score (nSPS) is 9.83. The van der Waals surface area contributed by atoms with Crippen LogP contribution in [0.25, 0.3) is 0 Å². The Morgan fingerprint density at radius 3 is 2.17 bits per heavy atom. The molecule has 0 atom stereocenters. The lowest BCUT2D eigenvalue weighted by Crippen LogP contribution is -2.29. The molecule has 0 radical (unpaired) electrons. The van der Waals surface area contributed by atoms with Gasteiger partial charge in [0.05, 0.1) is 39.6 Å². The number of pyridine rings is 1. The van der Waals surface area contributed by atoms with Gasteiger partial charge >= 0.3 is 11.9 Å². The highest BCUT2D eigenvalue weighted by Crippen LogP contribution is 2.20. The number of nitrogens with zero attached hydrogens (tertiary/aromatic N) is 1. The first kappa shape index (κ1) is 14.0. The Bertz CT molecular complexity index is 483. The number of aromatic nitrogens is 1. The predicted molar refractivity (Wildman–Crippen MR) is 64.7 cm³/mol. The van der Waals surface area contributed by atoms with Gasteiger partial charge in [-0.3, -0.25) is 4.90 Å². The Labute approximate surface area is 106 Å². The van der Waals surface area contributed by atoms with E-state index in [9.17, 15) is 9.59 Å². The number of carbonyl (C=O) groups is 2. The minimum Gasteiger partial charge on any atom is -0.465 e. The fourth-order valence-electron chi connectivity index (χ4n) is 1.62. The summed E-state index contributed by atoms with van der Waals surface area (Å²) in [7, 11) is 6.06. The molecule has 0 amide bonds. The highest BCUT2D eigenvalue weighted by Gasteiger charge is 2.29. The number of hydrogen-bond donors (Lipinski definition) is 0. The average Bonchev–Trinajstić information content (AvgIpc) is 2.35. The minimum atomic E-state index is -0.588. The van der Waals surface area contributed by atoms with Gasteiger partial charge < -0.3 is 9.47 Å². The second-order valence-electron chi connectivity index (χ2n) is 3.97. The standard InChI is InChI=1S/C12H16N2O4/c1-7-6-8(11(15)17-4)9(12(16)18-5)10(13-7)14(2)3/h6H,1-5H3/p+1. The van der Waals surface area contributed by atoms with Crippen molar-refractivity contribution in [3.63, 3.8) is 0 Å². The number of nitrogens with one attached hydrogen (secondary N) is 1. The molecule has 0 aliphatic heterocycles. The van der Waals surface area contributed by atoms with Crippen molar-refractivity contribution in [2.45, 2.75) is 6.92 Å². The Morgan fingerprint density at radius 2 is 1.72 bits per heavy atom. The zero-order chi connectivity index (χ0) is 13.9. The summed E-state index contributed by atoms with van der Waals surface area (Å²) in [6.45, 7) is 1.79. The number of carbonyl (C=O) groups excluding carboxylic acids is 2. The zero-order valence-corrected chi connectivity index (χ0v) is 11.2. The fourth-order valence-corrected chi connectivity index (χ4v) is 1.62. The first-order valence-electron chi connectivity index (χ1n) is 5.33. The zero-order valence-electron chi connectivity index (χ0n) is 11.2. The second-order valence-corrected chi connectivity index (χ2v) is 3.97. The van der Waals surface area contributed by atoms with Crippen molar-refractivity contribution in [2.24, 2.45) is 0 Å². The van der Waals surface area contributed by atoms with Crippen molar-refractivity contribution in [1.82, 2.24) is 0 Å². The summed E-state index contributed by atoms with van der Waals surface area (Å²) in [5, 5.41) is 0. The number of methoxy groups -OCH3 is 2. The lowest BCUT2D eigenvalue weighted by Gasteiger charge is -2.12. The number of rotatable bonds is 3. The van der Waals surface area contributed by atoms with Crippen LogP contribution in [0.4, 0.5) is 5.82 Å². The summed E-state index contributed by atoms with van der Waals surface area (Å²) in [5.74, 6) is -0.659. The third-order valence-corrected chi connectivity index (χ3v) is 2.42. The van der Waals surface area contributed by atoms with E-state index in [1.54, 1.807) is 32.0 Å². The maximum atomic E-state index is 11.8. The maximum Gasteiger partial charge on any atom is 0.347 e. The lowest BCUT2D eigenvalue weighted by molar-refractivity contribution is -0.373. The van der Waals surface area contributed by atoms with Crippen LogP contribution >= 0.6 is 0 Å². The predicted octanol–water partition coefficient (Wildman–Crippen LogP) is 0.448. The Morgan fingerprint density at radius 1 is 1.17 bits per heavy atom. The minimum absolute atomic E-state index is 0.167.